The molecule has 134 valence electrons. The number of nitrogens with two attached hydrogens (primary N) is 2. The van der Waals surface area contributed by atoms with Crippen molar-refractivity contribution in [2.24, 2.45) is 5.73 Å². The lowest BCUT2D eigenvalue weighted by Gasteiger charge is -2.09. The van der Waals surface area contributed by atoms with Gasteiger partial charge < -0.3 is 16.2 Å². The molecule has 1 aromatic heterocycles. The van der Waals surface area contributed by atoms with Crippen molar-refractivity contribution in [1.82, 2.24) is 9.97 Å². The molecule has 0 aliphatic heterocycles. The Balaban J connectivity index is 2.64. The molecule has 1 amide bonds. The van der Waals surface area contributed by atoms with Crippen molar-refractivity contribution in [2.45, 2.75) is 5.16 Å². The number of nitrogens with zero attached hydrogens (tertiary/aromatic N) is 4. The fourth-order valence-electron chi connectivity index (χ4n) is 1.84. The van der Waals surface area contributed by atoms with Gasteiger partial charge in [0.05, 0.1) is 22.1 Å². The van der Waals surface area contributed by atoms with Gasteiger partial charge in [-0.25, -0.2) is 8.42 Å². The molecule has 2 aromatic rings. The average Bonchev–Trinajstić information content (AvgIpc) is 2.53. The van der Waals surface area contributed by atoms with Gasteiger partial charge in [0, 0.05) is 6.26 Å². The van der Waals surface area contributed by atoms with E-state index in [9.17, 15) is 23.3 Å². The quantitative estimate of drug-likeness (QED) is 0.408. The number of carbonyl (C=O) groups is 1. The zero-order chi connectivity index (χ0) is 19.6. The second-order valence-corrected chi connectivity index (χ2v) is 6.77. The van der Waals surface area contributed by atoms with Gasteiger partial charge in [0.25, 0.3) is 5.16 Å². The van der Waals surface area contributed by atoms with Crippen LogP contribution in [0.25, 0.3) is 0 Å². The lowest BCUT2D eigenvalue weighted by Crippen LogP contribution is -2.13. The maximum absolute atomic E-state index is 11.6. The van der Waals surface area contributed by atoms with Crippen molar-refractivity contribution in [1.29, 1.82) is 5.26 Å². The smallest absolute Gasteiger partial charge is 0.373 e. The zero-order valence-electron chi connectivity index (χ0n) is 13.0. The Bertz CT molecular complexity index is 1080. The van der Waals surface area contributed by atoms with E-state index in [2.05, 4.69) is 9.97 Å². The summed E-state index contributed by atoms with van der Waals surface area (Å²) in [6, 6.07) is 5.22. The number of primary amides is 1. The van der Waals surface area contributed by atoms with Crippen LogP contribution in [0.15, 0.2) is 23.4 Å². The second kappa shape index (κ2) is 6.61. The lowest BCUT2D eigenvalue weighted by atomic mass is 10.1. The Morgan fingerprint density at radius 1 is 1.38 bits per heavy atom. The van der Waals surface area contributed by atoms with Crippen LogP contribution < -0.4 is 16.2 Å². The van der Waals surface area contributed by atoms with Crippen molar-refractivity contribution in [3.05, 3.63) is 39.4 Å². The molecule has 26 heavy (non-hydrogen) atoms. The van der Waals surface area contributed by atoms with Gasteiger partial charge in [-0.3, -0.25) is 14.9 Å². The number of aromatic nitrogens is 2. The molecular formula is C13H10N6O6S. The minimum Gasteiger partial charge on any atom is -0.433 e. The van der Waals surface area contributed by atoms with Gasteiger partial charge >= 0.3 is 11.6 Å². The number of amides is 1. The first-order valence-corrected chi connectivity index (χ1v) is 8.47. The van der Waals surface area contributed by atoms with Crippen molar-refractivity contribution >= 4 is 27.2 Å². The van der Waals surface area contributed by atoms with E-state index in [1.807, 2.05) is 0 Å². The standard InChI is InChI=1S/C13H10N6O6S/c1-26(23,24)13-17-10(15)9(19(21)22)12(18-13)25-7-3-2-6(5-14)8(4-7)11(16)20/h2-4H,1H3,(H2,16,20)(H2,15,17,18). The average molecular weight is 378 g/mol. The predicted octanol–water partition coefficient (Wildman–Crippen LogP) is 0.133. The first kappa shape index (κ1) is 18.5. The van der Waals surface area contributed by atoms with Gasteiger partial charge in [-0.05, 0) is 18.2 Å². The van der Waals surface area contributed by atoms with Crippen LogP contribution in [0.4, 0.5) is 11.5 Å². The number of ether oxygens (including phenoxy) is 1. The summed E-state index contributed by atoms with van der Waals surface area (Å²) in [6.45, 7) is 0. The maximum Gasteiger partial charge on any atom is 0.373 e. The Morgan fingerprint density at radius 3 is 2.54 bits per heavy atom. The van der Waals surface area contributed by atoms with E-state index in [1.54, 1.807) is 6.07 Å². The van der Waals surface area contributed by atoms with Crippen LogP contribution in [0, 0.1) is 21.4 Å². The van der Waals surface area contributed by atoms with Crippen LogP contribution in [0.2, 0.25) is 0 Å². The number of carbonyl (C=O) groups excluding carboxylic acids is 1. The van der Waals surface area contributed by atoms with Gasteiger partial charge in [-0.2, -0.15) is 15.2 Å². The lowest BCUT2D eigenvalue weighted by molar-refractivity contribution is -0.385. The molecule has 0 saturated heterocycles. The second-order valence-electron chi connectivity index (χ2n) is 4.86. The van der Waals surface area contributed by atoms with E-state index in [4.69, 9.17) is 21.5 Å². The molecule has 0 radical (unpaired) electrons. The highest BCUT2D eigenvalue weighted by Crippen LogP contribution is 2.34. The van der Waals surface area contributed by atoms with Gasteiger partial charge in [-0.1, -0.05) is 0 Å². The number of anilines is 1. The molecular weight excluding hydrogens is 368 g/mol. The van der Waals surface area contributed by atoms with Gasteiger partial charge in [-0.15, -0.1) is 0 Å². The molecule has 13 heteroatoms. The van der Waals surface area contributed by atoms with Crippen LogP contribution in [-0.2, 0) is 9.84 Å². The third-order valence-corrected chi connectivity index (χ3v) is 3.81. The molecule has 12 nitrogen and oxygen atoms in total. The molecule has 2 rings (SSSR count). The first-order chi connectivity index (χ1) is 12.0. The normalized spacial score (nSPS) is 10.8. The number of rotatable bonds is 5. The van der Waals surface area contributed by atoms with E-state index in [-0.39, 0.29) is 16.9 Å². The fourth-order valence-corrected chi connectivity index (χ4v) is 2.35. The molecule has 4 N–H and O–H groups in total. The molecule has 0 saturated carbocycles. The summed E-state index contributed by atoms with van der Waals surface area (Å²) in [5.41, 5.74) is 9.50. The van der Waals surface area contributed by atoms with E-state index >= 15 is 0 Å². The van der Waals surface area contributed by atoms with Gasteiger partial charge in [0.2, 0.25) is 21.6 Å². The SMILES string of the molecule is CS(=O)(=O)c1nc(N)c([N+](=O)[O-])c(Oc2ccc(C#N)c(C(N)=O)c2)n1. The number of sulfone groups is 1. The Hall–Kier alpha value is -3.79. The molecule has 1 heterocycles. The van der Waals surface area contributed by atoms with Gasteiger partial charge in [0.1, 0.15) is 5.75 Å². The van der Waals surface area contributed by atoms with E-state index in [0.29, 0.717) is 0 Å². The summed E-state index contributed by atoms with van der Waals surface area (Å²) in [5.74, 6) is -2.55. The van der Waals surface area contributed by atoms with E-state index < -0.39 is 43.2 Å². The summed E-state index contributed by atoms with van der Waals surface area (Å²) in [6.07, 6.45) is 0.782. The summed E-state index contributed by atoms with van der Waals surface area (Å²) in [7, 11) is -3.94. The van der Waals surface area contributed by atoms with Crippen molar-refractivity contribution in [3.8, 4) is 17.7 Å². The Morgan fingerprint density at radius 2 is 2.04 bits per heavy atom. The number of nitrogen functional groups attached to an aromatic ring is 1. The number of nitro groups is 1. The third kappa shape index (κ3) is 3.65. The molecule has 0 aliphatic carbocycles. The number of benzene rings is 1. The number of hydrogen-bond donors (Lipinski definition) is 2. The van der Waals surface area contributed by atoms with Crippen LogP contribution in [0.3, 0.4) is 0 Å². The van der Waals surface area contributed by atoms with Crippen LogP contribution in [-0.4, -0.2) is 35.5 Å². The largest absolute Gasteiger partial charge is 0.433 e. The van der Waals surface area contributed by atoms with E-state index in [0.717, 1.165) is 12.3 Å². The monoisotopic (exact) mass is 378 g/mol. The molecule has 1 aromatic carbocycles. The molecule has 0 unspecified atom stereocenters. The molecule has 0 fully saturated rings. The van der Waals surface area contributed by atoms with Crippen LogP contribution in [0.1, 0.15) is 15.9 Å². The Labute approximate surface area is 146 Å². The van der Waals surface area contributed by atoms with E-state index in [1.165, 1.54) is 12.1 Å². The predicted molar refractivity (Wildman–Crippen MR) is 86.0 cm³/mol. The molecule has 0 atom stereocenters. The highest BCUT2D eigenvalue weighted by molar-refractivity contribution is 7.90. The summed E-state index contributed by atoms with van der Waals surface area (Å²) < 4.78 is 28.4. The molecule has 0 aliphatic rings. The summed E-state index contributed by atoms with van der Waals surface area (Å²) in [4.78, 5) is 28.5. The van der Waals surface area contributed by atoms with Gasteiger partial charge in [0.15, 0.2) is 0 Å². The highest BCUT2D eigenvalue weighted by atomic mass is 32.2. The molecule has 0 spiro atoms. The topological polar surface area (TPSA) is 205 Å². The minimum absolute atomic E-state index is 0.0432. The minimum atomic E-state index is -3.94. The summed E-state index contributed by atoms with van der Waals surface area (Å²) in [5, 5.41) is 19.3. The van der Waals surface area contributed by atoms with Crippen molar-refractivity contribution in [3.63, 3.8) is 0 Å². The molecule has 0 bridgehead atoms. The van der Waals surface area contributed by atoms with Crippen molar-refractivity contribution < 1.29 is 22.9 Å². The van der Waals surface area contributed by atoms with Crippen LogP contribution in [0.5, 0.6) is 11.6 Å². The maximum atomic E-state index is 11.6. The number of hydrogen-bond acceptors (Lipinski definition) is 10. The Kier molecular flexibility index (Phi) is 4.71. The first-order valence-electron chi connectivity index (χ1n) is 6.58. The van der Waals surface area contributed by atoms with Crippen molar-refractivity contribution in [2.75, 3.05) is 12.0 Å². The zero-order valence-corrected chi connectivity index (χ0v) is 13.8. The summed E-state index contributed by atoms with van der Waals surface area (Å²) >= 11 is 0. The fraction of sp³-hybridized carbons (Fsp3) is 0.0769. The highest BCUT2D eigenvalue weighted by Gasteiger charge is 2.28. The number of nitriles is 1. The third-order valence-electron chi connectivity index (χ3n) is 2.96. The van der Waals surface area contributed by atoms with Crippen LogP contribution >= 0.6 is 0 Å².